The first-order valence-electron chi connectivity index (χ1n) is 11.7. The Morgan fingerprint density at radius 3 is 2.90 bits per heavy atom. The Morgan fingerprint density at radius 1 is 1.23 bits per heavy atom. The number of carbonyl (C=O) groups is 2. The number of benzene rings is 1. The number of imidazole rings is 1. The fraction of sp³-hybridized carbons (Fsp3) is 0.625. The van der Waals surface area contributed by atoms with Crippen molar-refractivity contribution in [2.45, 2.75) is 70.4 Å². The summed E-state index contributed by atoms with van der Waals surface area (Å²) in [5.74, 6) is 2.34. The van der Waals surface area contributed by atoms with Crippen molar-refractivity contribution in [2.24, 2.45) is 11.8 Å². The first-order chi connectivity index (χ1) is 14.6. The molecule has 3 fully saturated rings. The highest BCUT2D eigenvalue weighted by atomic mass is 16.2. The van der Waals surface area contributed by atoms with Crippen LogP contribution >= 0.6 is 0 Å². The summed E-state index contributed by atoms with van der Waals surface area (Å²) in [6, 6.07) is 8.64. The number of fused-ring (bicyclic) bond motifs is 5. The van der Waals surface area contributed by atoms with E-state index in [0.717, 1.165) is 55.6 Å². The topological polar surface area (TPSA) is 69.3 Å². The van der Waals surface area contributed by atoms with Gasteiger partial charge in [0.15, 0.2) is 0 Å². The fourth-order valence-corrected chi connectivity index (χ4v) is 6.15. The number of nitrogens with zero attached hydrogens (tertiary/aromatic N) is 3. The number of hydrogen-bond donors (Lipinski definition) is 1. The smallest absolute Gasteiger partial charge is 0.223 e. The Hall–Kier alpha value is -2.37. The lowest BCUT2D eigenvalue weighted by atomic mass is 9.71. The first kappa shape index (κ1) is 19.6. The highest BCUT2D eigenvalue weighted by molar-refractivity contribution is 5.79. The van der Waals surface area contributed by atoms with Crippen molar-refractivity contribution in [3.05, 3.63) is 30.1 Å². The molecule has 1 N–H and O–H groups in total. The van der Waals surface area contributed by atoms with Gasteiger partial charge in [-0.2, -0.15) is 0 Å². The summed E-state index contributed by atoms with van der Waals surface area (Å²) >= 11 is 0. The molecule has 1 aromatic carbocycles. The third-order valence-corrected chi connectivity index (χ3v) is 7.45. The van der Waals surface area contributed by atoms with E-state index in [-0.39, 0.29) is 5.91 Å². The SMILES string of the molecule is CCC[C@H]1[C@H]2C[C@H](CN(C(=O)CCc3nc4ccccc4[nH]3)C2)[C@@H]2CCCC(=O)N21. The zero-order valence-electron chi connectivity index (χ0n) is 17.8. The number of H-pyrrole nitrogens is 1. The second kappa shape index (κ2) is 8.05. The first-order valence-corrected chi connectivity index (χ1v) is 11.7. The average molecular weight is 409 g/mol. The molecule has 4 heterocycles. The van der Waals surface area contributed by atoms with Crippen LogP contribution in [0.4, 0.5) is 0 Å². The summed E-state index contributed by atoms with van der Waals surface area (Å²) in [5.41, 5.74) is 1.98. The molecule has 0 unspecified atom stereocenters. The van der Waals surface area contributed by atoms with Gasteiger partial charge < -0.3 is 14.8 Å². The molecule has 160 valence electrons. The molecule has 3 aliphatic rings. The van der Waals surface area contributed by atoms with Crippen LogP contribution in [-0.2, 0) is 16.0 Å². The summed E-state index contributed by atoms with van der Waals surface area (Å²) in [6.45, 7) is 3.81. The summed E-state index contributed by atoms with van der Waals surface area (Å²) in [5, 5.41) is 0. The van der Waals surface area contributed by atoms with Crippen LogP contribution in [-0.4, -0.2) is 56.8 Å². The van der Waals surface area contributed by atoms with Gasteiger partial charge in [0.25, 0.3) is 0 Å². The third-order valence-electron chi connectivity index (χ3n) is 7.45. The maximum Gasteiger partial charge on any atom is 0.223 e. The second-order valence-corrected chi connectivity index (χ2v) is 9.37. The minimum atomic E-state index is 0.232. The number of aromatic amines is 1. The minimum Gasteiger partial charge on any atom is -0.342 e. The van der Waals surface area contributed by atoms with Crippen LogP contribution in [0.15, 0.2) is 24.3 Å². The monoisotopic (exact) mass is 408 g/mol. The molecule has 4 atom stereocenters. The number of rotatable bonds is 5. The molecule has 6 nitrogen and oxygen atoms in total. The molecule has 5 rings (SSSR count). The van der Waals surface area contributed by atoms with Crippen LogP contribution < -0.4 is 0 Å². The summed E-state index contributed by atoms with van der Waals surface area (Å²) < 4.78 is 0. The van der Waals surface area contributed by atoms with E-state index < -0.39 is 0 Å². The van der Waals surface area contributed by atoms with Crippen LogP contribution in [0.25, 0.3) is 11.0 Å². The lowest BCUT2D eigenvalue weighted by Crippen LogP contribution is -2.65. The molecule has 0 saturated carbocycles. The van der Waals surface area contributed by atoms with Crippen LogP contribution in [0.3, 0.4) is 0 Å². The molecule has 0 spiro atoms. The van der Waals surface area contributed by atoms with Gasteiger partial charge in [-0.1, -0.05) is 25.5 Å². The van der Waals surface area contributed by atoms with E-state index >= 15 is 0 Å². The Balaban J connectivity index is 1.28. The summed E-state index contributed by atoms with van der Waals surface area (Å²) in [6.07, 6.45) is 7.26. The van der Waals surface area contributed by atoms with Crippen molar-refractivity contribution in [3.8, 4) is 0 Å². The number of aryl methyl sites for hydroxylation is 1. The lowest BCUT2D eigenvalue weighted by molar-refractivity contribution is -0.156. The summed E-state index contributed by atoms with van der Waals surface area (Å²) in [7, 11) is 0. The number of likely N-dealkylation sites (tertiary alicyclic amines) is 1. The van der Waals surface area contributed by atoms with E-state index in [1.165, 1.54) is 6.42 Å². The fourth-order valence-electron chi connectivity index (χ4n) is 6.15. The van der Waals surface area contributed by atoms with Gasteiger partial charge in [0.1, 0.15) is 5.82 Å². The molecule has 6 heteroatoms. The Labute approximate surface area is 178 Å². The van der Waals surface area contributed by atoms with E-state index in [2.05, 4.69) is 26.7 Å². The number of piperidine rings is 3. The maximum absolute atomic E-state index is 13.1. The van der Waals surface area contributed by atoms with Crippen molar-refractivity contribution >= 4 is 22.8 Å². The lowest BCUT2D eigenvalue weighted by Gasteiger charge is -2.56. The van der Waals surface area contributed by atoms with Gasteiger partial charge in [0.2, 0.25) is 11.8 Å². The predicted molar refractivity (Wildman–Crippen MR) is 116 cm³/mol. The van der Waals surface area contributed by atoms with Gasteiger partial charge in [-0.15, -0.1) is 0 Å². The van der Waals surface area contributed by atoms with E-state index in [1.54, 1.807) is 0 Å². The van der Waals surface area contributed by atoms with Gasteiger partial charge in [-0.3, -0.25) is 9.59 Å². The second-order valence-electron chi connectivity index (χ2n) is 9.37. The number of hydrogen-bond acceptors (Lipinski definition) is 3. The standard InChI is InChI=1S/C24H32N4O2/c1-2-6-20-16-13-17(21-9-5-10-24(30)28(20)21)15-27(14-16)23(29)12-11-22-25-18-7-3-4-8-19(18)26-22/h3-4,7-8,16-17,20-21H,2,5-6,9-15H2,1H3,(H,25,26)/t16-,17+,20-,21-/m0/s1. The Morgan fingerprint density at radius 2 is 2.07 bits per heavy atom. The van der Waals surface area contributed by atoms with Crippen molar-refractivity contribution in [2.75, 3.05) is 13.1 Å². The van der Waals surface area contributed by atoms with Gasteiger partial charge in [-0.25, -0.2) is 4.98 Å². The number of aromatic nitrogens is 2. The summed E-state index contributed by atoms with van der Waals surface area (Å²) in [4.78, 5) is 38.1. The Kier molecular flexibility index (Phi) is 5.25. The highest BCUT2D eigenvalue weighted by Crippen LogP contribution is 2.43. The maximum atomic E-state index is 13.1. The van der Waals surface area contributed by atoms with Gasteiger partial charge in [0.05, 0.1) is 11.0 Å². The number of para-hydroxylation sites is 2. The van der Waals surface area contributed by atoms with Crippen LogP contribution in [0.5, 0.6) is 0 Å². The Bertz CT molecular complexity index is 905. The van der Waals surface area contributed by atoms with Crippen LogP contribution in [0, 0.1) is 11.8 Å². The zero-order valence-corrected chi connectivity index (χ0v) is 17.8. The quantitative estimate of drug-likeness (QED) is 0.823. The molecule has 2 bridgehead atoms. The predicted octanol–water partition coefficient (Wildman–Crippen LogP) is 3.52. The minimum absolute atomic E-state index is 0.232. The van der Waals surface area contributed by atoms with E-state index in [4.69, 9.17) is 0 Å². The van der Waals surface area contributed by atoms with Gasteiger partial charge in [-0.05, 0) is 49.7 Å². The molecule has 30 heavy (non-hydrogen) atoms. The molecule has 1 aromatic heterocycles. The van der Waals surface area contributed by atoms with Crippen molar-refractivity contribution < 1.29 is 9.59 Å². The number of amides is 2. The van der Waals surface area contributed by atoms with Crippen molar-refractivity contribution in [1.82, 2.24) is 19.8 Å². The average Bonchev–Trinajstić information content (AvgIpc) is 3.18. The van der Waals surface area contributed by atoms with Gasteiger partial charge >= 0.3 is 0 Å². The van der Waals surface area contributed by atoms with Crippen LogP contribution in [0.2, 0.25) is 0 Å². The molecule has 0 radical (unpaired) electrons. The van der Waals surface area contributed by atoms with Crippen molar-refractivity contribution in [3.63, 3.8) is 0 Å². The van der Waals surface area contributed by atoms with Gasteiger partial charge in [0, 0.05) is 44.4 Å². The van der Waals surface area contributed by atoms with Crippen molar-refractivity contribution in [1.29, 1.82) is 0 Å². The van der Waals surface area contributed by atoms with E-state index in [9.17, 15) is 9.59 Å². The zero-order chi connectivity index (χ0) is 20.7. The van der Waals surface area contributed by atoms with Crippen LogP contribution in [0.1, 0.15) is 57.7 Å². The largest absolute Gasteiger partial charge is 0.342 e. The van der Waals surface area contributed by atoms with E-state index in [1.807, 2.05) is 24.3 Å². The molecular formula is C24H32N4O2. The molecule has 0 aliphatic carbocycles. The highest BCUT2D eigenvalue weighted by Gasteiger charge is 2.49. The van der Waals surface area contributed by atoms with E-state index in [0.29, 0.717) is 49.1 Å². The number of carbonyl (C=O) groups excluding carboxylic acids is 2. The number of nitrogens with one attached hydrogen (secondary N) is 1. The molecular weight excluding hydrogens is 376 g/mol. The molecule has 3 aliphatic heterocycles. The molecule has 3 saturated heterocycles. The molecule has 2 aromatic rings. The molecule has 2 amide bonds. The third kappa shape index (κ3) is 3.50. The normalized spacial score (nSPS) is 28.6.